The highest BCUT2D eigenvalue weighted by Crippen LogP contribution is 2.29. The minimum absolute atomic E-state index is 0.238. The van der Waals surface area contributed by atoms with E-state index in [1.165, 1.54) is 0 Å². The summed E-state index contributed by atoms with van der Waals surface area (Å²) in [4.78, 5) is 0. The van der Waals surface area contributed by atoms with E-state index in [-0.39, 0.29) is 5.41 Å². The predicted molar refractivity (Wildman–Crippen MR) is 63.5 cm³/mol. The van der Waals surface area contributed by atoms with Crippen LogP contribution in [0.2, 0.25) is 0 Å². The Morgan fingerprint density at radius 2 is 1.93 bits per heavy atom. The molecule has 1 nitrogen and oxygen atoms in total. The molecule has 1 unspecified atom stereocenters. The summed E-state index contributed by atoms with van der Waals surface area (Å²) < 4.78 is 0. The Balaban J connectivity index is 2.79. The monoisotopic (exact) mass is 202 g/mol. The van der Waals surface area contributed by atoms with Gasteiger partial charge in [-0.05, 0) is 12.0 Å². The highest BCUT2D eigenvalue weighted by atomic mass is 16.3. The van der Waals surface area contributed by atoms with Gasteiger partial charge in [0.05, 0.1) is 6.10 Å². The lowest BCUT2D eigenvalue weighted by Crippen LogP contribution is -2.33. The molecular weight excluding hydrogens is 184 g/mol. The molecule has 0 aliphatic heterocycles. The molecule has 0 radical (unpaired) electrons. The highest BCUT2D eigenvalue weighted by Gasteiger charge is 2.28. The van der Waals surface area contributed by atoms with Gasteiger partial charge in [-0.15, -0.1) is 12.3 Å². The number of aliphatic hydroxyl groups is 1. The van der Waals surface area contributed by atoms with Crippen molar-refractivity contribution < 1.29 is 5.11 Å². The zero-order valence-corrected chi connectivity index (χ0v) is 9.40. The fourth-order valence-corrected chi connectivity index (χ4v) is 1.64. The van der Waals surface area contributed by atoms with Crippen LogP contribution in [0.5, 0.6) is 0 Å². The van der Waals surface area contributed by atoms with Gasteiger partial charge in [0.2, 0.25) is 0 Å². The quantitative estimate of drug-likeness (QED) is 0.744. The van der Waals surface area contributed by atoms with E-state index in [9.17, 15) is 5.11 Å². The molecule has 0 saturated carbocycles. The van der Waals surface area contributed by atoms with Crippen molar-refractivity contribution in [2.24, 2.45) is 0 Å². The second-order valence-corrected chi connectivity index (χ2v) is 4.35. The average molecular weight is 202 g/mol. The molecule has 15 heavy (non-hydrogen) atoms. The third-order valence-corrected chi connectivity index (χ3v) is 2.91. The molecule has 0 aromatic heterocycles. The maximum atomic E-state index is 10.1. The van der Waals surface area contributed by atoms with Gasteiger partial charge < -0.3 is 5.11 Å². The zero-order valence-electron chi connectivity index (χ0n) is 9.40. The Bertz CT molecular complexity index is 332. The Morgan fingerprint density at radius 3 is 2.47 bits per heavy atom. The van der Waals surface area contributed by atoms with E-state index in [1.807, 2.05) is 44.2 Å². The molecule has 0 spiro atoms. The third kappa shape index (κ3) is 2.84. The van der Waals surface area contributed by atoms with Crippen molar-refractivity contribution in [3.8, 4) is 12.3 Å². The largest absolute Gasteiger partial charge is 0.392 e. The van der Waals surface area contributed by atoms with Crippen LogP contribution >= 0.6 is 0 Å². The van der Waals surface area contributed by atoms with Crippen LogP contribution in [-0.2, 0) is 5.41 Å². The SMILES string of the molecule is C#CCCC(O)C(C)(C)c1ccccc1. The number of hydrogen-bond acceptors (Lipinski definition) is 1. The van der Waals surface area contributed by atoms with Crippen LogP contribution in [-0.4, -0.2) is 11.2 Å². The number of terminal acetylenes is 1. The van der Waals surface area contributed by atoms with Crippen molar-refractivity contribution in [2.45, 2.75) is 38.2 Å². The third-order valence-electron chi connectivity index (χ3n) is 2.91. The van der Waals surface area contributed by atoms with Gasteiger partial charge in [0.15, 0.2) is 0 Å². The molecule has 0 aliphatic rings. The van der Waals surface area contributed by atoms with Crippen molar-refractivity contribution in [3.05, 3.63) is 35.9 Å². The van der Waals surface area contributed by atoms with Gasteiger partial charge in [0, 0.05) is 11.8 Å². The first-order valence-corrected chi connectivity index (χ1v) is 5.26. The smallest absolute Gasteiger partial charge is 0.0640 e. The van der Waals surface area contributed by atoms with Gasteiger partial charge in [-0.2, -0.15) is 0 Å². The van der Waals surface area contributed by atoms with Gasteiger partial charge in [-0.3, -0.25) is 0 Å². The van der Waals surface area contributed by atoms with Crippen LogP contribution in [0, 0.1) is 12.3 Å². The van der Waals surface area contributed by atoms with Crippen molar-refractivity contribution in [1.82, 2.24) is 0 Å². The second-order valence-electron chi connectivity index (χ2n) is 4.35. The maximum Gasteiger partial charge on any atom is 0.0640 e. The second kappa shape index (κ2) is 5.00. The molecule has 1 rings (SSSR count). The zero-order chi connectivity index (χ0) is 11.3. The van der Waals surface area contributed by atoms with Crippen LogP contribution in [0.3, 0.4) is 0 Å². The summed E-state index contributed by atoms with van der Waals surface area (Å²) in [6.07, 6.45) is 6.08. The highest BCUT2D eigenvalue weighted by molar-refractivity contribution is 5.25. The fraction of sp³-hybridized carbons (Fsp3) is 0.429. The van der Waals surface area contributed by atoms with Crippen LogP contribution in [0.15, 0.2) is 30.3 Å². The number of hydrogen-bond donors (Lipinski definition) is 1. The molecule has 0 amide bonds. The summed E-state index contributed by atoms with van der Waals surface area (Å²) in [6, 6.07) is 10.0. The Hall–Kier alpha value is -1.26. The fourth-order valence-electron chi connectivity index (χ4n) is 1.64. The van der Waals surface area contributed by atoms with E-state index in [1.54, 1.807) is 0 Å². The van der Waals surface area contributed by atoms with Crippen LogP contribution in [0.4, 0.5) is 0 Å². The summed E-state index contributed by atoms with van der Waals surface area (Å²) in [6.45, 7) is 4.09. The molecule has 1 heteroatoms. The van der Waals surface area contributed by atoms with Crippen molar-refractivity contribution in [1.29, 1.82) is 0 Å². The molecule has 1 N–H and O–H groups in total. The Labute approximate surface area is 92.1 Å². The molecule has 0 bridgehead atoms. The van der Waals surface area contributed by atoms with Crippen molar-refractivity contribution >= 4 is 0 Å². The standard InChI is InChI=1S/C14H18O/c1-4-5-11-13(15)14(2,3)12-9-7-6-8-10-12/h1,6-10,13,15H,5,11H2,2-3H3. The lowest BCUT2D eigenvalue weighted by Gasteiger charge is -2.30. The van der Waals surface area contributed by atoms with Crippen LogP contribution < -0.4 is 0 Å². The molecule has 0 heterocycles. The van der Waals surface area contributed by atoms with E-state index in [2.05, 4.69) is 5.92 Å². The number of rotatable bonds is 4. The summed E-state index contributed by atoms with van der Waals surface area (Å²) in [7, 11) is 0. The van der Waals surface area contributed by atoms with E-state index in [4.69, 9.17) is 6.42 Å². The van der Waals surface area contributed by atoms with Crippen LogP contribution in [0.1, 0.15) is 32.3 Å². The summed E-state index contributed by atoms with van der Waals surface area (Å²) in [5, 5.41) is 10.1. The lowest BCUT2D eigenvalue weighted by atomic mass is 9.78. The van der Waals surface area contributed by atoms with E-state index >= 15 is 0 Å². The van der Waals surface area contributed by atoms with Gasteiger partial charge >= 0.3 is 0 Å². The van der Waals surface area contributed by atoms with Gasteiger partial charge in [0.25, 0.3) is 0 Å². The minimum atomic E-state index is -0.393. The normalized spacial score (nSPS) is 13.2. The minimum Gasteiger partial charge on any atom is -0.392 e. The first-order valence-electron chi connectivity index (χ1n) is 5.26. The molecule has 0 fully saturated rings. The first kappa shape index (κ1) is 11.8. The van der Waals surface area contributed by atoms with Gasteiger partial charge in [-0.25, -0.2) is 0 Å². The number of aliphatic hydroxyl groups excluding tert-OH is 1. The van der Waals surface area contributed by atoms with E-state index in [0.717, 1.165) is 5.56 Å². The Morgan fingerprint density at radius 1 is 1.33 bits per heavy atom. The van der Waals surface area contributed by atoms with E-state index in [0.29, 0.717) is 12.8 Å². The van der Waals surface area contributed by atoms with Crippen molar-refractivity contribution in [3.63, 3.8) is 0 Å². The van der Waals surface area contributed by atoms with E-state index < -0.39 is 6.10 Å². The summed E-state index contributed by atoms with van der Waals surface area (Å²) >= 11 is 0. The summed E-state index contributed by atoms with van der Waals surface area (Å²) in [5.41, 5.74) is 0.910. The van der Waals surface area contributed by atoms with Gasteiger partial charge in [0.1, 0.15) is 0 Å². The molecule has 80 valence electrons. The van der Waals surface area contributed by atoms with Crippen LogP contribution in [0.25, 0.3) is 0 Å². The lowest BCUT2D eigenvalue weighted by molar-refractivity contribution is 0.0927. The average Bonchev–Trinajstić information content (AvgIpc) is 2.27. The molecular formula is C14H18O. The topological polar surface area (TPSA) is 20.2 Å². The van der Waals surface area contributed by atoms with Gasteiger partial charge in [-0.1, -0.05) is 44.2 Å². The maximum absolute atomic E-state index is 10.1. The molecule has 0 saturated heterocycles. The Kier molecular flexibility index (Phi) is 3.94. The predicted octanol–water partition coefficient (Wildman–Crippen LogP) is 2.74. The molecule has 1 aromatic carbocycles. The number of benzene rings is 1. The molecule has 1 atom stereocenters. The first-order chi connectivity index (χ1) is 7.09. The molecule has 0 aliphatic carbocycles. The molecule has 1 aromatic rings. The van der Waals surface area contributed by atoms with Crippen molar-refractivity contribution in [2.75, 3.05) is 0 Å². The summed E-state index contributed by atoms with van der Waals surface area (Å²) in [5.74, 6) is 2.56.